The van der Waals surface area contributed by atoms with Gasteiger partial charge in [-0.25, -0.2) is 0 Å². The Morgan fingerprint density at radius 2 is 2.06 bits per heavy atom. The van der Waals surface area contributed by atoms with Gasteiger partial charge in [0.2, 0.25) is 11.0 Å². The summed E-state index contributed by atoms with van der Waals surface area (Å²) in [4.78, 5) is 3.97. The summed E-state index contributed by atoms with van der Waals surface area (Å²) >= 11 is 0.981. The number of hydrogen-bond donors (Lipinski definition) is 2. The monoisotopic (exact) mass is 274 g/mol. The smallest absolute Gasteiger partial charge is 0.398 e. The predicted molar refractivity (Wildman–Crippen MR) is 61.1 cm³/mol. The van der Waals surface area contributed by atoms with Gasteiger partial charge in [0.1, 0.15) is 0 Å². The molecule has 1 aromatic heterocycles. The average molecular weight is 274 g/mol. The minimum absolute atomic E-state index is 0.0159. The molecule has 0 aliphatic heterocycles. The molecule has 0 fully saturated rings. The first kappa shape index (κ1) is 12.7. The molecule has 3 N–H and O–H groups in total. The highest BCUT2D eigenvalue weighted by Crippen LogP contribution is 2.32. The number of rotatable bonds is 2. The van der Waals surface area contributed by atoms with E-state index in [1.165, 1.54) is 0 Å². The Hall–Kier alpha value is -1.70. The summed E-state index contributed by atoms with van der Waals surface area (Å²) in [6.07, 6.45) is -4.52. The number of aromatic amines is 1. The molecule has 1 heterocycles. The summed E-state index contributed by atoms with van der Waals surface area (Å²) < 4.78 is 36.9. The third-order valence-corrected chi connectivity index (χ3v) is 3.06. The lowest BCUT2D eigenvalue weighted by molar-refractivity contribution is -0.144. The van der Waals surface area contributed by atoms with Crippen molar-refractivity contribution in [2.45, 2.75) is 23.2 Å². The summed E-state index contributed by atoms with van der Waals surface area (Å²) in [6, 6.07) is 5.27. The van der Waals surface area contributed by atoms with Crippen molar-refractivity contribution >= 4 is 17.4 Å². The highest BCUT2D eigenvalue weighted by molar-refractivity contribution is 7.99. The van der Waals surface area contributed by atoms with Gasteiger partial charge in [0.15, 0.2) is 0 Å². The number of benzene rings is 1. The van der Waals surface area contributed by atoms with Crippen molar-refractivity contribution in [2.24, 2.45) is 0 Å². The third kappa shape index (κ3) is 2.76. The highest BCUT2D eigenvalue weighted by Gasteiger charge is 2.35. The van der Waals surface area contributed by atoms with E-state index in [9.17, 15) is 13.2 Å². The normalized spacial score (nSPS) is 11.8. The number of H-pyrrole nitrogens is 1. The first-order chi connectivity index (χ1) is 8.36. The molecule has 18 heavy (non-hydrogen) atoms. The molecule has 0 radical (unpaired) electrons. The number of nitrogens with zero attached hydrogens (tertiary/aromatic N) is 2. The van der Waals surface area contributed by atoms with E-state index in [0.29, 0.717) is 10.6 Å². The second-order valence-electron chi connectivity index (χ2n) is 3.61. The Morgan fingerprint density at radius 1 is 1.33 bits per heavy atom. The lowest BCUT2D eigenvalue weighted by Crippen LogP contribution is -2.07. The van der Waals surface area contributed by atoms with Gasteiger partial charge < -0.3 is 5.73 Å². The molecule has 0 saturated heterocycles. The number of nitrogen functional groups attached to an aromatic ring is 1. The van der Waals surface area contributed by atoms with E-state index >= 15 is 0 Å². The van der Waals surface area contributed by atoms with Crippen LogP contribution in [-0.2, 0) is 6.18 Å². The maximum atomic E-state index is 12.3. The molecular weight excluding hydrogens is 265 g/mol. The standard InChI is InChI=1S/C10H9F3N4S/c1-5-2-3-7(6(14)4-5)18-9-15-8(16-17-9)10(11,12)13/h2-4H,14H2,1H3,(H,15,16,17). The van der Waals surface area contributed by atoms with E-state index in [2.05, 4.69) is 10.1 Å². The maximum Gasteiger partial charge on any atom is 0.451 e. The van der Waals surface area contributed by atoms with Crippen molar-refractivity contribution in [3.8, 4) is 0 Å². The van der Waals surface area contributed by atoms with Crippen molar-refractivity contribution < 1.29 is 13.2 Å². The fourth-order valence-electron chi connectivity index (χ4n) is 1.28. The third-order valence-electron chi connectivity index (χ3n) is 2.10. The van der Waals surface area contributed by atoms with Crippen molar-refractivity contribution in [3.05, 3.63) is 29.6 Å². The fourth-order valence-corrected chi connectivity index (χ4v) is 2.02. The molecule has 0 unspecified atom stereocenters. The number of nitrogens with one attached hydrogen (secondary N) is 1. The van der Waals surface area contributed by atoms with Crippen molar-refractivity contribution in [1.29, 1.82) is 0 Å². The van der Waals surface area contributed by atoms with Crippen LogP contribution in [0.4, 0.5) is 18.9 Å². The zero-order valence-electron chi connectivity index (χ0n) is 9.25. The number of anilines is 1. The van der Waals surface area contributed by atoms with Crippen molar-refractivity contribution in [2.75, 3.05) is 5.73 Å². The van der Waals surface area contributed by atoms with Crippen LogP contribution in [0.15, 0.2) is 28.3 Å². The predicted octanol–water partition coefficient (Wildman–Crippen LogP) is 2.87. The number of hydrogen-bond acceptors (Lipinski definition) is 4. The van der Waals surface area contributed by atoms with E-state index in [1.807, 2.05) is 18.1 Å². The van der Waals surface area contributed by atoms with Crippen LogP contribution in [0.3, 0.4) is 0 Å². The van der Waals surface area contributed by atoms with E-state index in [-0.39, 0.29) is 5.16 Å². The minimum Gasteiger partial charge on any atom is -0.398 e. The van der Waals surface area contributed by atoms with Crippen LogP contribution in [0.5, 0.6) is 0 Å². The van der Waals surface area contributed by atoms with Crippen LogP contribution < -0.4 is 5.73 Å². The molecule has 1 aromatic carbocycles. The topological polar surface area (TPSA) is 67.6 Å². The summed E-state index contributed by atoms with van der Waals surface area (Å²) in [7, 11) is 0. The minimum atomic E-state index is -4.52. The Morgan fingerprint density at radius 3 is 2.61 bits per heavy atom. The van der Waals surface area contributed by atoms with Gasteiger partial charge >= 0.3 is 6.18 Å². The number of nitrogens with two attached hydrogens (primary N) is 1. The van der Waals surface area contributed by atoms with Gasteiger partial charge in [-0.3, -0.25) is 5.10 Å². The fraction of sp³-hybridized carbons (Fsp3) is 0.200. The average Bonchev–Trinajstić information content (AvgIpc) is 2.70. The molecule has 0 aliphatic carbocycles. The second-order valence-corrected chi connectivity index (χ2v) is 4.62. The van der Waals surface area contributed by atoms with Crippen molar-refractivity contribution in [3.63, 3.8) is 0 Å². The largest absolute Gasteiger partial charge is 0.451 e. The zero-order valence-corrected chi connectivity index (χ0v) is 10.1. The van der Waals surface area contributed by atoms with E-state index in [1.54, 1.807) is 12.1 Å². The van der Waals surface area contributed by atoms with Gasteiger partial charge in [-0.1, -0.05) is 6.07 Å². The lowest BCUT2D eigenvalue weighted by Gasteiger charge is -2.03. The van der Waals surface area contributed by atoms with Crippen LogP contribution in [0.2, 0.25) is 0 Å². The lowest BCUT2D eigenvalue weighted by atomic mass is 10.2. The quantitative estimate of drug-likeness (QED) is 0.826. The molecule has 8 heteroatoms. The van der Waals surface area contributed by atoms with Crippen LogP contribution in [0, 0.1) is 6.92 Å². The van der Waals surface area contributed by atoms with Gasteiger partial charge in [-0.2, -0.15) is 18.2 Å². The molecule has 0 amide bonds. The molecule has 4 nitrogen and oxygen atoms in total. The molecule has 0 bridgehead atoms. The van der Waals surface area contributed by atoms with E-state index in [0.717, 1.165) is 17.3 Å². The molecule has 96 valence electrons. The summed E-state index contributed by atoms with van der Waals surface area (Å²) in [5.74, 6) is -1.12. The molecule has 0 atom stereocenters. The molecule has 0 saturated carbocycles. The summed E-state index contributed by atoms with van der Waals surface area (Å²) in [5.41, 5.74) is 7.21. The summed E-state index contributed by atoms with van der Waals surface area (Å²) in [5, 5.41) is 5.33. The Bertz CT molecular complexity index is 564. The number of aromatic nitrogens is 3. The molecule has 2 aromatic rings. The molecule has 0 aliphatic rings. The summed E-state index contributed by atoms with van der Waals surface area (Å²) in [6.45, 7) is 1.87. The first-order valence-electron chi connectivity index (χ1n) is 4.90. The van der Waals surface area contributed by atoms with Crippen LogP contribution in [0.25, 0.3) is 0 Å². The van der Waals surface area contributed by atoms with E-state index < -0.39 is 12.0 Å². The Balaban J connectivity index is 2.21. The number of halogens is 3. The SMILES string of the molecule is Cc1ccc(Sc2n[nH]c(C(F)(F)F)n2)c(N)c1. The zero-order chi connectivity index (χ0) is 13.3. The first-order valence-corrected chi connectivity index (χ1v) is 5.71. The van der Waals surface area contributed by atoms with Gasteiger partial charge in [0.25, 0.3) is 0 Å². The molecular formula is C10H9F3N4S. The Labute approximate surface area is 105 Å². The number of alkyl halides is 3. The van der Waals surface area contributed by atoms with Crippen LogP contribution in [0.1, 0.15) is 11.4 Å². The Kier molecular flexibility index (Phi) is 3.20. The molecule has 0 spiro atoms. The number of aryl methyl sites for hydroxylation is 1. The van der Waals surface area contributed by atoms with Crippen LogP contribution in [-0.4, -0.2) is 15.2 Å². The van der Waals surface area contributed by atoms with Gasteiger partial charge in [-0.15, -0.1) is 5.10 Å². The molecule has 2 rings (SSSR count). The van der Waals surface area contributed by atoms with E-state index in [4.69, 9.17) is 5.73 Å². The van der Waals surface area contributed by atoms with Gasteiger partial charge in [0, 0.05) is 10.6 Å². The highest BCUT2D eigenvalue weighted by atomic mass is 32.2. The van der Waals surface area contributed by atoms with Gasteiger partial charge in [0.05, 0.1) is 0 Å². The maximum absolute atomic E-state index is 12.3. The second kappa shape index (κ2) is 4.52. The van der Waals surface area contributed by atoms with Crippen LogP contribution >= 0.6 is 11.8 Å². The van der Waals surface area contributed by atoms with Crippen molar-refractivity contribution in [1.82, 2.24) is 15.2 Å². The van der Waals surface area contributed by atoms with Gasteiger partial charge in [-0.05, 0) is 36.4 Å².